The lowest BCUT2D eigenvalue weighted by atomic mass is 10.3. The van der Waals surface area contributed by atoms with Gasteiger partial charge in [0.15, 0.2) is 5.13 Å². The lowest BCUT2D eigenvalue weighted by Crippen LogP contribution is -2.49. The molecule has 1 amide bonds. The monoisotopic (exact) mass is 280 g/mol. The lowest BCUT2D eigenvalue weighted by Gasteiger charge is -2.34. The number of carbonyl (C=O) groups is 1. The van der Waals surface area contributed by atoms with Crippen LogP contribution in [-0.4, -0.2) is 55.1 Å². The molecule has 2 fully saturated rings. The van der Waals surface area contributed by atoms with E-state index in [1.54, 1.807) is 11.3 Å². The Morgan fingerprint density at radius 1 is 1.37 bits per heavy atom. The Hall–Kier alpha value is -1.14. The average Bonchev–Trinajstić information content (AvgIpc) is 3.10. The van der Waals surface area contributed by atoms with E-state index in [9.17, 15) is 4.79 Å². The van der Waals surface area contributed by atoms with Crippen molar-refractivity contribution in [1.82, 2.24) is 15.2 Å². The summed E-state index contributed by atoms with van der Waals surface area (Å²) in [4.78, 5) is 20.6. The molecule has 1 aromatic heterocycles. The fourth-order valence-corrected chi connectivity index (χ4v) is 3.01. The molecule has 0 bridgehead atoms. The second kappa shape index (κ2) is 5.88. The minimum atomic E-state index is 0.176. The molecule has 19 heavy (non-hydrogen) atoms. The van der Waals surface area contributed by atoms with Crippen LogP contribution in [0.3, 0.4) is 0 Å². The molecule has 1 aliphatic carbocycles. The fourth-order valence-electron chi connectivity index (χ4n) is 2.31. The summed E-state index contributed by atoms with van der Waals surface area (Å²) in [5, 5.41) is 6.13. The van der Waals surface area contributed by atoms with Crippen LogP contribution >= 0.6 is 11.3 Å². The minimum absolute atomic E-state index is 0.176. The van der Waals surface area contributed by atoms with Gasteiger partial charge in [0.2, 0.25) is 5.91 Å². The molecule has 0 unspecified atom stereocenters. The topological polar surface area (TPSA) is 48.5 Å². The maximum atomic E-state index is 11.8. The number of aromatic nitrogens is 1. The molecule has 1 saturated heterocycles. The molecule has 5 nitrogen and oxygen atoms in total. The van der Waals surface area contributed by atoms with Crippen LogP contribution in [0, 0.1) is 5.92 Å². The Morgan fingerprint density at radius 2 is 2.16 bits per heavy atom. The zero-order valence-electron chi connectivity index (χ0n) is 11.0. The van der Waals surface area contributed by atoms with Gasteiger partial charge in [0.1, 0.15) is 0 Å². The molecule has 104 valence electrons. The summed E-state index contributed by atoms with van der Waals surface area (Å²) in [7, 11) is 0. The van der Waals surface area contributed by atoms with Crippen LogP contribution in [0.15, 0.2) is 11.6 Å². The molecular formula is C13H20N4OS. The number of hydrogen-bond donors (Lipinski definition) is 1. The molecular weight excluding hydrogens is 260 g/mol. The normalized spacial score (nSPS) is 20.5. The number of hydrogen-bond acceptors (Lipinski definition) is 5. The van der Waals surface area contributed by atoms with Gasteiger partial charge in [-0.15, -0.1) is 11.3 Å². The number of amides is 1. The largest absolute Gasteiger partial charge is 0.355 e. The molecule has 2 aliphatic rings. The van der Waals surface area contributed by atoms with E-state index in [0.29, 0.717) is 6.54 Å². The predicted molar refractivity (Wildman–Crippen MR) is 76.5 cm³/mol. The van der Waals surface area contributed by atoms with Gasteiger partial charge in [0.25, 0.3) is 0 Å². The molecule has 1 saturated carbocycles. The maximum absolute atomic E-state index is 11.8. The van der Waals surface area contributed by atoms with Gasteiger partial charge in [-0.3, -0.25) is 9.69 Å². The number of anilines is 1. The van der Waals surface area contributed by atoms with Crippen LogP contribution < -0.4 is 10.2 Å². The van der Waals surface area contributed by atoms with E-state index in [4.69, 9.17) is 0 Å². The quantitative estimate of drug-likeness (QED) is 0.866. The van der Waals surface area contributed by atoms with E-state index in [1.165, 1.54) is 12.8 Å². The second-order valence-corrected chi connectivity index (χ2v) is 6.20. The Morgan fingerprint density at radius 3 is 2.79 bits per heavy atom. The van der Waals surface area contributed by atoms with Crippen LogP contribution in [0.1, 0.15) is 12.8 Å². The maximum Gasteiger partial charge on any atom is 0.234 e. The predicted octanol–water partition coefficient (Wildman–Crippen LogP) is 0.791. The van der Waals surface area contributed by atoms with E-state index in [-0.39, 0.29) is 5.91 Å². The van der Waals surface area contributed by atoms with Gasteiger partial charge in [-0.05, 0) is 18.8 Å². The number of nitrogens with one attached hydrogen (secondary N) is 1. The molecule has 3 rings (SSSR count). The first-order chi connectivity index (χ1) is 9.31. The highest BCUT2D eigenvalue weighted by Gasteiger charge is 2.23. The number of rotatable bonds is 5. The first-order valence-corrected chi connectivity index (χ1v) is 7.83. The molecule has 0 aromatic carbocycles. The third-order valence-electron chi connectivity index (χ3n) is 3.71. The summed E-state index contributed by atoms with van der Waals surface area (Å²) in [6.45, 7) is 5.22. The third-order valence-corrected chi connectivity index (χ3v) is 4.55. The van der Waals surface area contributed by atoms with Gasteiger partial charge in [-0.2, -0.15) is 0 Å². The van der Waals surface area contributed by atoms with Crippen molar-refractivity contribution in [2.45, 2.75) is 12.8 Å². The molecule has 2 heterocycles. The summed E-state index contributed by atoms with van der Waals surface area (Å²) in [6.07, 6.45) is 4.41. The molecule has 6 heteroatoms. The summed E-state index contributed by atoms with van der Waals surface area (Å²) in [5.74, 6) is 0.931. The van der Waals surface area contributed by atoms with Crippen molar-refractivity contribution in [2.75, 3.05) is 44.2 Å². The lowest BCUT2D eigenvalue weighted by molar-refractivity contribution is -0.122. The van der Waals surface area contributed by atoms with Crippen molar-refractivity contribution in [3.8, 4) is 0 Å². The molecule has 0 spiro atoms. The SMILES string of the molecule is O=C(CN1CCN(c2nccs2)CC1)NCC1CC1. The number of thiazole rings is 1. The van der Waals surface area contributed by atoms with Gasteiger partial charge < -0.3 is 10.2 Å². The van der Waals surface area contributed by atoms with Gasteiger partial charge in [0.05, 0.1) is 6.54 Å². The fraction of sp³-hybridized carbons (Fsp3) is 0.692. The summed E-state index contributed by atoms with van der Waals surface area (Å²) in [5.41, 5.74) is 0. The molecule has 1 aromatic rings. The van der Waals surface area contributed by atoms with Crippen molar-refractivity contribution in [1.29, 1.82) is 0 Å². The van der Waals surface area contributed by atoms with Gasteiger partial charge in [0, 0.05) is 44.3 Å². The molecule has 1 N–H and O–H groups in total. The molecule has 0 atom stereocenters. The highest BCUT2D eigenvalue weighted by molar-refractivity contribution is 7.13. The first-order valence-electron chi connectivity index (χ1n) is 6.95. The van der Waals surface area contributed by atoms with Crippen LogP contribution in [0.2, 0.25) is 0 Å². The number of piperazine rings is 1. The molecule has 1 aliphatic heterocycles. The average molecular weight is 280 g/mol. The van der Waals surface area contributed by atoms with Gasteiger partial charge in [-0.25, -0.2) is 4.98 Å². The number of nitrogens with zero attached hydrogens (tertiary/aromatic N) is 3. The third kappa shape index (κ3) is 3.67. The second-order valence-electron chi connectivity index (χ2n) is 5.33. The standard InChI is InChI=1S/C13H20N4OS/c18-12(15-9-11-1-2-11)10-16-4-6-17(7-5-16)13-14-3-8-19-13/h3,8,11H,1-2,4-7,9-10H2,(H,15,18). The Balaban J connectivity index is 1.38. The Kier molecular flexibility index (Phi) is 3.98. The van der Waals surface area contributed by atoms with Crippen molar-refractivity contribution >= 4 is 22.4 Å². The summed E-state index contributed by atoms with van der Waals surface area (Å²) in [6, 6.07) is 0. The van der Waals surface area contributed by atoms with E-state index < -0.39 is 0 Å². The smallest absolute Gasteiger partial charge is 0.234 e. The Labute approximate surface area is 117 Å². The van der Waals surface area contributed by atoms with Crippen LogP contribution in [0.5, 0.6) is 0 Å². The first kappa shape index (κ1) is 12.9. The van der Waals surface area contributed by atoms with E-state index in [0.717, 1.165) is 43.8 Å². The van der Waals surface area contributed by atoms with Crippen LogP contribution in [0.25, 0.3) is 0 Å². The Bertz CT molecular complexity index is 410. The van der Waals surface area contributed by atoms with Crippen LogP contribution in [0.4, 0.5) is 5.13 Å². The summed E-state index contributed by atoms with van der Waals surface area (Å²) >= 11 is 1.68. The highest BCUT2D eigenvalue weighted by atomic mass is 32.1. The van der Waals surface area contributed by atoms with Crippen molar-refractivity contribution < 1.29 is 4.79 Å². The van der Waals surface area contributed by atoms with Gasteiger partial charge in [-0.1, -0.05) is 0 Å². The van der Waals surface area contributed by atoms with E-state index in [1.807, 2.05) is 11.6 Å². The van der Waals surface area contributed by atoms with Crippen LogP contribution in [-0.2, 0) is 4.79 Å². The van der Waals surface area contributed by atoms with Crippen molar-refractivity contribution in [2.24, 2.45) is 5.92 Å². The number of carbonyl (C=O) groups excluding carboxylic acids is 1. The van der Waals surface area contributed by atoms with E-state index in [2.05, 4.69) is 20.1 Å². The highest BCUT2D eigenvalue weighted by Crippen LogP contribution is 2.27. The van der Waals surface area contributed by atoms with E-state index >= 15 is 0 Å². The van der Waals surface area contributed by atoms with Gasteiger partial charge >= 0.3 is 0 Å². The zero-order chi connectivity index (χ0) is 13.1. The van der Waals surface area contributed by atoms with Crippen molar-refractivity contribution in [3.63, 3.8) is 0 Å². The summed E-state index contributed by atoms with van der Waals surface area (Å²) < 4.78 is 0. The van der Waals surface area contributed by atoms with Crippen molar-refractivity contribution in [3.05, 3.63) is 11.6 Å². The minimum Gasteiger partial charge on any atom is -0.355 e. The molecule has 0 radical (unpaired) electrons. The zero-order valence-corrected chi connectivity index (χ0v) is 11.9.